The number of halogens is 2. The van der Waals surface area contributed by atoms with Crippen LogP contribution in [0.5, 0.6) is 0 Å². The first-order valence-corrected chi connectivity index (χ1v) is 11.5. The number of carboxylic acids is 1. The van der Waals surface area contributed by atoms with Crippen LogP contribution in [0.25, 0.3) is 22.3 Å². The normalized spacial score (nSPS) is 11.6. The lowest BCUT2D eigenvalue weighted by atomic mass is 9.95. The average Bonchev–Trinajstić information content (AvgIpc) is 2.87. The van der Waals surface area contributed by atoms with E-state index in [2.05, 4.69) is 5.32 Å². The van der Waals surface area contributed by atoms with Crippen LogP contribution in [0.1, 0.15) is 22.3 Å². The van der Waals surface area contributed by atoms with Crippen LogP contribution in [-0.2, 0) is 11.2 Å². The summed E-state index contributed by atoms with van der Waals surface area (Å²) in [6, 6.07) is 26.9. The molecule has 2 N–H and O–H groups in total. The highest BCUT2D eigenvalue weighted by atomic mass is 35.5. The molecule has 1 unspecified atom stereocenters. The Kier molecular flexibility index (Phi) is 7.58. The predicted molar refractivity (Wildman–Crippen MR) is 136 cm³/mol. The molecule has 1 amide bonds. The van der Waals surface area contributed by atoms with Crippen molar-refractivity contribution in [3.8, 4) is 22.3 Å². The fraction of sp³-hybridized carbons (Fsp3) is 0.103. The van der Waals surface area contributed by atoms with Gasteiger partial charge in [-0.1, -0.05) is 84.4 Å². The van der Waals surface area contributed by atoms with E-state index in [9.17, 15) is 14.7 Å². The summed E-state index contributed by atoms with van der Waals surface area (Å²) >= 11 is 6.19. The first-order chi connectivity index (χ1) is 16.9. The summed E-state index contributed by atoms with van der Waals surface area (Å²) in [7, 11) is 0. The Morgan fingerprint density at radius 2 is 1.51 bits per heavy atom. The zero-order valence-corrected chi connectivity index (χ0v) is 19.5. The van der Waals surface area contributed by atoms with Gasteiger partial charge in [0, 0.05) is 16.1 Å². The van der Waals surface area contributed by atoms with Gasteiger partial charge < -0.3 is 10.4 Å². The van der Waals surface area contributed by atoms with Crippen molar-refractivity contribution in [2.75, 3.05) is 0 Å². The maximum atomic E-state index is 15.0. The molecule has 0 spiro atoms. The van der Waals surface area contributed by atoms with Crippen LogP contribution in [0.4, 0.5) is 4.39 Å². The van der Waals surface area contributed by atoms with Gasteiger partial charge in [-0.25, -0.2) is 9.18 Å². The molecule has 0 saturated carbocycles. The molecule has 0 aliphatic carbocycles. The van der Waals surface area contributed by atoms with E-state index in [0.29, 0.717) is 28.1 Å². The van der Waals surface area contributed by atoms with Gasteiger partial charge in [-0.2, -0.15) is 0 Å². The van der Waals surface area contributed by atoms with Crippen molar-refractivity contribution in [1.82, 2.24) is 5.32 Å². The van der Waals surface area contributed by atoms with Crippen LogP contribution >= 0.6 is 11.6 Å². The molecule has 176 valence electrons. The van der Waals surface area contributed by atoms with Gasteiger partial charge in [-0.15, -0.1) is 0 Å². The van der Waals surface area contributed by atoms with Gasteiger partial charge in [-0.3, -0.25) is 4.79 Å². The first kappa shape index (κ1) is 24.2. The fourth-order valence-electron chi connectivity index (χ4n) is 3.94. The van der Waals surface area contributed by atoms with E-state index in [-0.39, 0.29) is 12.0 Å². The van der Waals surface area contributed by atoms with Crippen LogP contribution in [0.2, 0.25) is 5.02 Å². The minimum absolute atomic E-state index is 0.215. The molecule has 0 aliphatic rings. The lowest BCUT2D eigenvalue weighted by molar-refractivity contribution is -0.139. The standard InChI is InChI=1S/C29H23ClFNO3/c30-22-13-15-24(28(33)32-27(29(34)35)16-11-19-7-3-1-4-8-19)25(18-22)21-12-14-23(26(31)17-21)20-9-5-2-6-10-20/h1-10,12-15,17-18,27H,11,16H2,(H,32,33)(H,34,35). The number of rotatable bonds is 8. The molecule has 4 rings (SSSR count). The van der Waals surface area contributed by atoms with E-state index in [1.54, 1.807) is 24.3 Å². The molecule has 0 heterocycles. The lowest BCUT2D eigenvalue weighted by Gasteiger charge is -2.17. The molecular formula is C29H23ClFNO3. The predicted octanol–water partition coefficient (Wildman–Crippen LogP) is 6.63. The molecule has 1 atom stereocenters. The summed E-state index contributed by atoms with van der Waals surface area (Å²) in [6.45, 7) is 0. The molecule has 35 heavy (non-hydrogen) atoms. The van der Waals surface area contributed by atoms with Crippen molar-refractivity contribution in [2.24, 2.45) is 0 Å². The maximum absolute atomic E-state index is 15.0. The van der Waals surface area contributed by atoms with E-state index in [4.69, 9.17) is 11.6 Å². The van der Waals surface area contributed by atoms with Crippen molar-refractivity contribution in [3.05, 3.63) is 119 Å². The molecule has 4 aromatic rings. The number of aliphatic carboxylic acids is 1. The highest BCUT2D eigenvalue weighted by Gasteiger charge is 2.23. The third-order valence-electron chi connectivity index (χ3n) is 5.76. The molecular weight excluding hydrogens is 465 g/mol. The zero-order valence-electron chi connectivity index (χ0n) is 18.7. The summed E-state index contributed by atoms with van der Waals surface area (Å²) in [4.78, 5) is 25.0. The number of carbonyl (C=O) groups is 2. The molecule has 0 fully saturated rings. The van der Waals surface area contributed by atoms with Gasteiger partial charge in [0.1, 0.15) is 11.9 Å². The Labute approximate surface area is 208 Å². The van der Waals surface area contributed by atoms with Gasteiger partial charge in [0.05, 0.1) is 0 Å². The summed E-state index contributed by atoms with van der Waals surface area (Å²) in [5, 5.41) is 12.7. The van der Waals surface area contributed by atoms with Gasteiger partial charge >= 0.3 is 5.97 Å². The highest BCUT2D eigenvalue weighted by molar-refractivity contribution is 6.31. The molecule has 4 nitrogen and oxygen atoms in total. The van der Waals surface area contributed by atoms with E-state index in [0.717, 1.165) is 11.1 Å². The van der Waals surface area contributed by atoms with Gasteiger partial charge in [0.25, 0.3) is 5.91 Å². The van der Waals surface area contributed by atoms with E-state index in [1.807, 2.05) is 60.7 Å². The van der Waals surface area contributed by atoms with Crippen molar-refractivity contribution < 1.29 is 19.1 Å². The molecule has 0 saturated heterocycles. The number of hydrogen-bond acceptors (Lipinski definition) is 2. The second kappa shape index (κ2) is 11.0. The number of carbonyl (C=O) groups excluding carboxylic acids is 1. The maximum Gasteiger partial charge on any atom is 0.326 e. The van der Waals surface area contributed by atoms with Gasteiger partial charge in [0.15, 0.2) is 0 Å². The third-order valence-corrected chi connectivity index (χ3v) is 5.99. The Balaban J connectivity index is 1.59. The minimum atomic E-state index is -1.12. The number of amides is 1. The Morgan fingerprint density at radius 3 is 2.17 bits per heavy atom. The van der Waals surface area contributed by atoms with E-state index >= 15 is 4.39 Å². The van der Waals surface area contributed by atoms with E-state index in [1.165, 1.54) is 12.1 Å². The van der Waals surface area contributed by atoms with Crippen molar-refractivity contribution >= 4 is 23.5 Å². The summed E-state index contributed by atoms with van der Waals surface area (Å²) in [5.74, 6) is -2.13. The quantitative estimate of drug-likeness (QED) is 0.293. The third kappa shape index (κ3) is 5.94. The summed E-state index contributed by atoms with van der Waals surface area (Å²) in [5.41, 5.74) is 3.26. The highest BCUT2D eigenvalue weighted by Crippen LogP contribution is 2.31. The molecule has 4 aromatic carbocycles. The lowest BCUT2D eigenvalue weighted by Crippen LogP contribution is -2.41. The van der Waals surface area contributed by atoms with Gasteiger partial charge in [-0.05, 0) is 59.4 Å². The smallest absolute Gasteiger partial charge is 0.326 e. The summed E-state index contributed by atoms with van der Waals surface area (Å²) < 4.78 is 15.0. The molecule has 0 radical (unpaired) electrons. The first-order valence-electron chi connectivity index (χ1n) is 11.1. The second-order valence-corrected chi connectivity index (χ2v) is 8.58. The van der Waals surface area contributed by atoms with Crippen LogP contribution < -0.4 is 5.32 Å². The van der Waals surface area contributed by atoms with Crippen LogP contribution in [0, 0.1) is 5.82 Å². The topological polar surface area (TPSA) is 66.4 Å². The van der Waals surface area contributed by atoms with E-state index < -0.39 is 23.7 Å². The Morgan fingerprint density at radius 1 is 0.829 bits per heavy atom. The summed E-state index contributed by atoms with van der Waals surface area (Å²) in [6.07, 6.45) is 0.728. The second-order valence-electron chi connectivity index (χ2n) is 8.14. The van der Waals surface area contributed by atoms with Crippen molar-refractivity contribution in [3.63, 3.8) is 0 Å². The fourth-order valence-corrected chi connectivity index (χ4v) is 4.11. The largest absolute Gasteiger partial charge is 0.480 e. The number of aryl methyl sites for hydroxylation is 1. The number of carboxylic acid groups (broad SMARTS) is 1. The van der Waals surface area contributed by atoms with Gasteiger partial charge in [0.2, 0.25) is 0 Å². The zero-order chi connectivity index (χ0) is 24.8. The molecule has 0 bridgehead atoms. The van der Waals surface area contributed by atoms with Crippen LogP contribution in [0.3, 0.4) is 0 Å². The number of hydrogen-bond donors (Lipinski definition) is 2. The Bertz CT molecular complexity index is 1340. The van der Waals surface area contributed by atoms with Crippen molar-refractivity contribution in [1.29, 1.82) is 0 Å². The molecule has 0 aromatic heterocycles. The molecule has 6 heteroatoms. The average molecular weight is 488 g/mol. The van der Waals surface area contributed by atoms with Crippen molar-refractivity contribution in [2.45, 2.75) is 18.9 Å². The monoisotopic (exact) mass is 487 g/mol. The Hall–Kier alpha value is -3.96. The van der Waals surface area contributed by atoms with Crippen LogP contribution in [0.15, 0.2) is 97.1 Å². The van der Waals surface area contributed by atoms with Crippen LogP contribution in [-0.4, -0.2) is 23.0 Å². The minimum Gasteiger partial charge on any atom is -0.480 e. The number of nitrogens with one attached hydrogen (secondary N) is 1. The SMILES string of the molecule is O=C(NC(CCc1ccccc1)C(=O)O)c1ccc(Cl)cc1-c1ccc(-c2ccccc2)c(F)c1. The number of benzene rings is 4. The molecule has 0 aliphatic heterocycles.